The summed E-state index contributed by atoms with van der Waals surface area (Å²) in [4.78, 5) is 0. The van der Waals surface area contributed by atoms with Crippen LogP contribution in [0.3, 0.4) is 0 Å². The SMILES string of the molecule is CC1=CC=C(C(F)(F)F)C=CCC1C. The summed E-state index contributed by atoms with van der Waals surface area (Å²) in [5.74, 6) is 0.317. The van der Waals surface area contributed by atoms with Crippen molar-refractivity contribution in [2.75, 3.05) is 0 Å². The summed E-state index contributed by atoms with van der Waals surface area (Å²) in [6.07, 6.45) is 1.85. The highest BCUT2D eigenvalue weighted by Crippen LogP contribution is 2.29. The number of halogens is 3. The molecule has 0 amide bonds. The van der Waals surface area contributed by atoms with E-state index in [-0.39, 0.29) is 0 Å². The van der Waals surface area contributed by atoms with Crippen molar-refractivity contribution >= 4 is 0 Å². The fourth-order valence-electron chi connectivity index (χ4n) is 1.22. The Balaban J connectivity index is 2.99. The summed E-state index contributed by atoms with van der Waals surface area (Å²) in [7, 11) is 0. The smallest absolute Gasteiger partial charge is 0.166 e. The topological polar surface area (TPSA) is 0 Å². The van der Waals surface area contributed by atoms with Gasteiger partial charge in [-0.25, -0.2) is 0 Å². The van der Waals surface area contributed by atoms with E-state index < -0.39 is 11.7 Å². The molecule has 1 unspecified atom stereocenters. The standard InChI is InChI=1S/C11H13F3/c1-8-4-3-5-10(11(12,13)14)7-6-9(8)2/h3,5-8H,4H2,1-2H3. The van der Waals surface area contributed by atoms with Gasteiger partial charge in [-0.3, -0.25) is 0 Å². The molecule has 0 spiro atoms. The third-order valence-corrected chi connectivity index (χ3v) is 2.42. The Labute approximate surface area is 81.8 Å². The summed E-state index contributed by atoms with van der Waals surface area (Å²) in [5.41, 5.74) is 0.403. The molecule has 0 nitrogen and oxygen atoms in total. The first-order valence-corrected chi connectivity index (χ1v) is 4.53. The van der Waals surface area contributed by atoms with Gasteiger partial charge >= 0.3 is 6.18 Å². The van der Waals surface area contributed by atoms with Crippen molar-refractivity contribution in [2.24, 2.45) is 5.92 Å². The zero-order valence-electron chi connectivity index (χ0n) is 8.23. The van der Waals surface area contributed by atoms with Crippen LogP contribution in [-0.4, -0.2) is 6.18 Å². The van der Waals surface area contributed by atoms with Crippen molar-refractivity contribution in [1.29, 1.82) is 0 Å². The molecule has 0 bridgehead atoms. The Morgan fingerprint density at radius 3 is 2.50 bits per heavy atom. The van der Waals surface area contributed by atoms with Crippen LogP contribution in [0.1, 0.15) is 20.3 Å². The van der Waals surface area contributed by atoms with Gasteiger partial charge in [0, 0.05) is 0 Å². The molecule has 1 atom stereocenters. The Morgan fingerprint density at radius 2 is 1.93 bits per heavy atom. The van der Waals surface area contributed by atoms with Crippen molar-refractivity contribution in [3.05, 3.63) is 35.5 Å². The molecule has 78 valence electrons. The van der Waals surface area contributed by atoms with Crippen molar-refractivity contribution < 1.29 is 13.2 Å². The molecule has 1 rings (SSSR count). The van der Waals surface area contributed by atoms with E-state index in [1.807, 2.05) is 13.8 Å². The van der Waals surface area contributed by atoms with Crippen molar-refractivity contribution in [3.8, 4) is 0 Å². The van der Waals surface area contributed by atoms with E-state index in [1.54, 1.807) is 12.2 Å². The predicted octanol–water partition coefficient (Wildman–Crippen LogP) is 4.02. The summed E-state index contributed by atoms with van der Waals surface area (Å²) in [6, 6.07) is 0. The van der Waals surface area contributed by atoms with Gasteiger partial charge in [-0.05, 0) is 19.3 Å². The number of hydrogen-bond donors (Lipinski definition) is 0. The lowest BCUT2D eigenvalue weighted by Crippen LogP contribution is -2.10. The molecule has 1 aliphatic rings. The fourth-order valence-corrected chi connectivity index (χ4v) is 1.22. The monoisotopic (exact) mass is 202 g/mol. The first-order valence-electron chi connectivity index (χ1n) is 4.53. The minimum absolute atomic E-state index is 0.317. The van der Waals surface area contributed by atoms with Gasteiger partial charge in [0.15, 0.2) is 0 Å². The predicted molar refractivity (Wildman–Crippen MR) is 50.8 cm³/mol. The quantitative estimate of drug-likeness (QED) is 0.556. The van der Waals surface area contributed by atoms with Crippen LogP contribution in [0.4, 0.5) is 13.2 Å². The van der Waals surface area contributed by atoms with Crippen LogP contribution in [0.25, 0.3) is 0 Å². The first kappa shape index (κ1) is 11.1. The lowest BCUT2D eigenvalue weighted by atomic mass is 9.95. The molecular weight excluding hydrogens is 189 g/mol. The molecule has 14 heavy (non-hydrogen) atoms. The second-order valence-electron chi connectivity index (χ2n) is 3.57. The molecule has 0 fully saturated rings. The lowest BCUT2D eigenvalue weighted by molar-refractivity contribution is -0.0882. The summed E-state index contributed by atoms with van der Waals surface area (Å²) in [5, 5.41) is 0. The average molecular weight is 202 g/mol. The van der Waals surface area contributed by atoms with Crippen molar-refractivity contribution in [2.45, 2.75) is 26.4 Å². The second kappa shape index (κ2) is 4.03. The van der Waals surface area contributed by atoms with Gasteiger partial charge in [0.2, 0.25) is 0 Å². The van der Waals surface area contributed by atoms with Gasteiger partial charge in [-0.2, -0.15) is 13.2 Å². The Morgan fingerprint density at radius 1 is 1.29 bits per heavy atom. The number of allylic oxidation sites excluding steroid dienone is 6. The summed E-state index contributed by atoms with van der Waals surface area (Å²) >= 11 is 0. The van der Waals surface area contributed by atoms with Gasteiger partial charge < -0.3 is 0 Å². The fraction of sp³-hybridized carbons (Fsp3) is 0.455. The molecule has 3 heteroatoms. The van der Waals surface area contributed by atoms with Gasteiger partial charge in [-0.1, -0.05) is 36.8 Å². The number of rotatable bonds is 0. The summed E-state index contributed by atoms with van der Waals surface area (Å²) in [6.45, 7) is 3.86. The van der Waals surface area contributed by atoms with Crippen LogP contribution in [0.2, 0.25) is 0 Å². The van der Waals surface area contributed by atoms with E-state index >= 15 is 0 Å². The minimum atomic E-state index is -4.24. The molecule has 0 aromatic rings. The van der Waals surface area contributed by atoms with Gasteiger partial charge in [0.05, 0.1) is 5.57 Å². The Bertz CT molecular complexity index is 292. The summed E-state index contributed by atoms with van der Waals surface area (Å²) < 4.78 is 37.0. The van der Waals surface area contributed by atoms with E-state index in [2.05, 4.69) is 0 Å². The molecule has 1 aliphatic carbocycles. The first-order chi connectivity index (χ1) is 6.41. The maximum absolute atomic E-state index is 12.3. The zero-order chi connectivity index (χ0) is 10.8. The molecule has 0 saturated carbocycles. The van der Waals surface area contributed by atoms with E-state index in [0.717, 1.165) is 17.7 Å². The van der Waals surface area contributed by atoms with Crippen LogP contribution in [0.5, 0.6) is 0 Å². The van der Waals surface area contributed by atoms with Crippen LogP contribution in [-0.2, 0) is 0 Å². The lowest BCUT2D eigenvalue weighted by Gasteiger charge is -2.13. The Hall–Kier alpha value is -0.990. The highest BCUT2D eigenvalue weighted by molar-refractivity contribution is 5.31. The molecule has 0 radical (unpaired) electrons. The minimum Gasteiger partial charge on any atom is -0.166 e. The Kier molecular flexibility index (Phi) is 3.19. The van der Waals surface area contributed by atoms with E-state index in [1.165, 1.54) is 0 Å². The molecule has 0 saturated heterocycles. The van der Waals surface area contributed by atoms with Gasteiger partial charge in [-0.15, -0.1) is 0 Å². The van der Waals surface area contributed by atoms with Crippen LogP contribution in [0, 0.1) is 5.92 Å². The third-order valence-electron chi connectivity index (χ3n) is 2.42. The van der Waals surface area contributed by atoms with E-state index in [4.69, 9.17) is 0 Å². The molecule has 0 N–H and O–H groups in total. The number of alkyl halides is 3. The largest absolute Gasteiger partial charge is 0.416 e. The van der Waals surface area contributed by atoms with E-state index in [9.17, 15) is 13.2 Å². The molecule has 0 aromatic carbocycles. The van der Waals surface area contributed by atoms with E-state index in [0.29, 0.717) is 12.3 Å². The molecule has 0 aliphatic heterocycles. The number of hydrogen-bond acceptors (Lipinski definition) is 0. The second-order valence-corrected chi connectivity index (χ2v) is 3.57. The van der Waals surface area contributed by atoms with Gasteiger partial charge in [0.1, 0.15) is 0 Å². The van der Waals surface area contributed by atoms with Crippen molar-refractivity contribution in [1.82, 2.24) is 0 Å². The molecular formula is C11H13F3. The van der Waals surface area contributed by atoms with Crippen LogP contribution in [0.15, 0.2) is 35.5 Å². The normalized spacial score (nSPS) is 23.6. The third kappa shape index (κ3) is 2.76. The maximum atomic E-state index is 12.3. The highest BCUT2D eigenvalue weighted by Gasteiger charge is 2.31. The van der Waals surface area contributed by atoms with Crippen LogP contribution >= 0.6 is 0 Å². The molecule has 0 aromatic heterocycles. The van der Waals surface area contributed by atoms with Crippen LogP contribution < -0.4 is 0 Å². The highest BCUT2D eigenvalue weighted by atomic mass is 19.4. The van der Waals surface area contributed by atoms with Crippen molar-refractivity contribution in [3.63, 3.8) is 0 Å². The zero-order valence-corrected chi connectivity index (χ0v) is 8.23. The molecule has 0 heterocycles. The van der Waals surface area contributed by atoms with Gasteiger partial charge in [0.25, 0.3) is 0 Å². The average Bonchev–Trinajstić information content (AvgIpc) is 2.04. The maximum Gasteiger partial charge on any atom is 0.416 e.